The first kappa shape index (κ1) is 17.8. The maximum atomic E-state index is 12.8. The molecule has 0 spiro atoms. The lowest BCUT2D eigenvalue weighted by Gasteiger charge is -2.12. The summed E-state index contributed by atoms with van der Waals surface area (Å²) in [5, 5.41) is 3.00. The molecule has 3 aromatic rings. The van der Waals surface area contributed by atoms with Crippen molar-refractivity contribution in [1.82, 2.24) is 10.3 Å². The molecule has 1 aromatic heterocycles. The van der Waals surface area contributed by atoms with Crippen LogP contribution < -0.4 is 10.1 Å². The van der Waals surface area contributed by atoms with Gasteiger partial charge in [0.2, 0.25) is 0 Å². The molecule has 0 saturated heterocycles. The zero-order chi connectivity index (χ0) is 18.4. The van der Waals surface area contributed by atoms with Crippen LogP contribution in [0.3, 0.4) is 0 Å². The van der Waals surface area contributed by atoms with Gasteiger partial charge in [0.05, 0.1) is 7.11 Å². The number of para-hydroxylation sites is 1. The number of carbonyl (C=O) groups excluding carboxylic acids is 1. The van der Waals surface area contributed by atoms with E-state index in [2.05, 4.69) is 17.2 Å². The lowest BCUT2D eigenvalue weighted by Crippen LogP contribution is -2.25. The maximum absolute atomic E-state index is 12.8. The Labute approximate surface area is 154 Å². The van der Waals surface area contributed by atoms with Gasteiger partial charge >= 0.3 is 0 Å². The molecule has 1 amide bonds. The SMILES string of the molecule is CCCCNC(=O)c1[nH]cc(-c2ccccc2)c1-c1ccccc1OC. The van der Waals surface area contributed by atoms with E-state index >= 15 is 0 Å². The number of hydrogen-bond acceptors (Lipinski definition) is 2. The van der Waals surface area contributed by atoms with Crippen molar-refractivity contribution < 1.29 is 9.53 Å². The molecule has 26 heavy (non-hydrogen) atoms. The van der Waals surface area contributed by atoms with Crippen LogP contribution in [0, 0.1) is 0 Å². The van der Waals surface area contributed by atoms with Gasteiger partial charge in [-0.25, -0.2) is 0 Å². The smallest absolute Gasteiger partial charge is 0.268 e. The van der Waals surface area contributed by atoms with Gasteiger partial charge in [0, 0.05) is 29.4 Å². The van der Waals surface area contributed by atoms with Crippen molar-refractivity contribution in [3.63, 3.8) is 0 Å². The summed E-state index contributed by atoms with van der Waals surface area (Å²) < 4.78 is 5.55. The predicted octanol–water partition coefficient (Wildman–Crippen LogP) is 4.89. The van der Waals surface area contributed by atoms with Gasteiger partial charge in [-0.3, -0.25) is 4.79 Å². The molecule has 4 heteroatoms. The maximum Gasteiger partial charge on any atom is 0.268 e. The van der Waals surface area contributed by atoms with Crippen LogP contribution in [0.25, 0.3) is 22.3 Å². The Bertz CT molecular complexity index is 869. The van der Waals surface area contributed by atoms with Gasteiger partial charge in [-0.2, -0.15) is 0 Å². The molecule has 3 rings (SSSR count). The van der Waals surface area contributed by atoms with Crippen molar-refractivity contribution >= 4 is 5.91 Å². The molecule has 0 unspecified atom stereocenters. The van der Waals surface area contributed by atoms with Crippen molar-refractivity contribution in [2.45, 2.75) is 19.8 Å². The summed E-state index contributed by atoms with van der Waals surface area (Å²) in [4.78, 5) is 16.0. The third kappa shape index (κ3) is 3.64. The number of methoxy groups -OCH3 is 1. The van der Waals surface area contributed by atoms with Crippen molar-refractivity contribution in [3.05, 3.63) is 66.5 Å². The third-order valence-corrected chi connectivity index (χ3v) is 4.38. The van der Waals surface area contributed by atoms with Crippen LogP contribution in [-0.2, 0) is 0 Å². The average Bonchev–Trinajstić information content (AvgIpc) is 3.13. The van der Waals surface area contributed by atoms with Gasteiger partial charge in [-0.05, 0) is 18.1 Å². The molecular formula is C22H24N2O2. The number of carbonyl (C=O) groups is 1. The van der Waals surface area contributed by atoms with Gasteiger partial charge in [0.15, 0.2) is 0 Å². The zero-order valence-corrected chi connectivity index (χ0v) is 15.2. The van der Waals surface area contributed by atoms with Crippen molar-refractivity contribution in [3.8, 4) is 28.0 Å². The Morgan fingerprint density at radius 3 is 2.50 bits per heavy atom. The monoisotopic (exact) mass is 348 g/mol. The second kappa shape index (κ2) is 8.39. The summed E-state index contributed by atoms with van der Waals surface area (Å²) in [6.45, 7) is 2.77. The molecule has 0 fully saturated rings. The largest absolute Gasteiger partial charge is 0.496 e. The first-order chi connectivity index (χ1) is 12.8. The lowest BCUT2D eigenvalue weighted by molar-refractivity contribution is 0.0949. The van der Waals surface area contributed by atoms with E-state index in [0.717, 1.165) is 40.8 Å². The average molecular weight is 348 g/mol. The second-order valence-corrected chi connectivity index (χ2v) is 6.13. The van der Waals surface area contributed by atoms with Gasteiger partial charge in [-0.1, -0.05) is 61.9 Å². The van der Waals surface area contributed by atoms with Crippen LogP contribution in [-0.4, -0.2) is 24.5 Å². The number of unbranched alkanes of at least 4 members (excludes halogenated alkanes) is 1. The summed E-state index contributed by atoms with van der Waals surface area (Å²) in [5.41, 5.74) is 4.36. The number of aromatic amines is 1. The van der Waals surface area contributed by atoms with Crippen LogP contribution >= 0.6 is 0 Å². The van der Waals surface area contributed by atoms with Crippen LogP contribution in [0.5, 0.6) is 5.75 Å². The molecule has 0 saturated carbocycles. The highest BCUT2D eigenvalue weighted by Gasteiger charge is 2.22. The first-order valence-electron chi connectivity index (χ1n) is 8.94. The number of H-pyrrole nitrogens is 1. The molecule has 4 nitrogen and oxygen atoms in total. The highest BCUT2D eigenvalue weighted by atomic mass is 16.5. The number of hydrogen-bond donors (Lipinski definition) is 2. The van der Waals surface area contributed by atoms with Gasteiger partial charge < -0.3 is 15.0 Å². The Morgan fingerprint density at radius 2 is 1.77 bits per heavy atom. The number of aromatic nitrogens is 1. The van der Waals surface area contributed by atoms with Crippen molar-refractivity contribution in [1.29, 1.82) is 0 Å². The molecule has 0 aliphatic carbocycles. The lowest BCUT2D eigenvalue weighted by atomic mass is 9.95. The Morgan fingerprint density at radius 1 is 1.04 bits per heavy atom. The van der Waals surface area contributed by atoms with Crippen LogP contribution in [0.15, 0.2) is 60.8 Å². The van der Waals surface area contributed by atoms with E-state index < -0.39 is 0 Å². The van der Waals surface area contributed by atoms with Gasteiger partial charge in [-0.15, -0.1) is 0 Å². The summed E-state index contributed by atoms with van der Waals surface area (Å²) in [6.07, 6.45) is 3.90. The number of amides is 1. The zero-order valence-electron chi connectivity index (χ0n) is 15.2. The predicted molar refractivity (Wildman–Crippen MR) is 105 cm³/mol. The number of benzene rings is 2. The minimum atomic E-state index is -0.0958. The minimum Gasteiger partial charge on any atom is -0.496 e. The summed E-state index contributed by atoms with van der Waals surface area (Å²) in [6, 6.07) is 17.8. The Hall–Kier alpha value is -3.01. The third-order valence-electron chi connectivity index (χ3n) is 4.38. The fraction of sp³-hybridized carbons (Fsp3) is 0.227. The molecule has 2 N–H and O–H groups in total. The Kier molecular flexibility index (Phi) is 5.74. The fourth-order valence-electron chi connectivity index (χ4n) is 3.05. The van der Waals surface area contributed by atoms with Crippen molar-refractivity contribution in [2.24, 2.45) is 0 Å². The number of rotatable bonds is 7. The minimum absolute atomic E-state index is 0.0958. The second-order valence-electron chi connectivity index (χ2n) is 6.13. The van der Waals surface area contributed by atoms with E-state index in [1.54, 1.807) is 7.11 Å². The Balaban J connectivity index is 2.11. The van der Waals surface area contributed by atoms with E-state index in [4.69, 9.17) is 4.74 Å². The van der Waals surface area contributed by atoms with Crippen LogP contribution in [0.2, 0.25) is 0 Å². The molecular weight excluding hydrogens is 324 g/mol. The van der Waals surface area contributed by atoms with E-state index in [1.165, 1.54) is 0 Å². The first-order valence-corrected chi connectivity index (χ1v) is 8.94. The topological polar surface area (TPSA) is 54.1 Å². The number of nitrogens with one attached hydrogen (secondary N) is 2. The summed E-state index contributed by atoms with van der Waals surface area (Å²) in [5.74, 6) is 0.647. The van der Waals surface area contributed by atoms with Gasteiger partial charge in [0.1, 0.15) is 11.4 Å². The highest BCUT2D eigenvalue weighted by molar-refractivity contribution is 6.04. The highest BCUT2D eigenvalue weighted by Crippen LogP contribution is 2.39. The van der Waals surface area contributed by atoms with Crippen LogP contribution in [0.4, 0.5) is 0 Å². The van der Waals surface area contributed by atoms with E-state index in [9.17, 15) is 4.79 Å². The molecule has 0 aliphatic rings. The summed E-state index contributed by atoms with van der Waals surface area (Å²) >= 11 is 0. The molecule has 0 radical (unpaired) electrons. The molecule has 2 aromatic carbocycles. The quantitative estimate of drug-likeness (QED) is 0.598. The van der Waals surface area contributed by atoms with E-state index in [-0.39, 0.29) is 5.91 Å². The normalized spacial score (nSPS) is 10.5. The van der Waals surface area contributed by atoms with Crippen LogP contribution in [0.1, 0.15) is 30.3 Å². The van der Waals surface area contributed by atoms with E-state index in [0.29, 0.717) is 12.2 Å². The molecule has 134 valence electrons. The van der Waals surface area contributed by atoms with E-state index in [1.807, 2.05) is 60.8 Å². The molecule has 0 atom stereocenters. The van der Waals surface area contributed by atoms with Crippen molar-refractivity contribution in [2.75, 3.05) is 13.7 Å². The van der Waals surface area contributed by atoms with Gasteiger partial charge in [0.25, 0.3) is 5.91 Å². The number of ether oxygens (including phenoxy) is 1. The summed E-state index contributed by atoms with van der Waals surface area (Å²) in [7, 11) is 1.65. The standard InChI is InChI=1S/C22H24N2O2/c1-3-4-14-23-22(25)21-20(17-12-8-9-13-19(17)26-2)18(15-24-21)16-10-6-5-7-11-16/h5-13,15,24H,3-4,14H2,1-2H3,(H,23,25). The molecule has 0 bridgehead atoms. The fourth-order valence-corrected chi connectivity index (χ4v) is 3.05. The molecule has 1 heterocycles. The molecule has 0 aliphatic heterocycles.